The van der Waals surface area contributed by atoms with E-state index in [9.17, 15) is 0 Å². The number of hydrogen-bond donors (Lipinski definition) is 2. The van der Waals surface area contributed by atoms with Gasteiger partial charge in [-0.15, -0.1) is 0 Å². The van der Waals surface area contributed by atoms with E-state index in [1.165, 1.54) is 36.0 Å². The molecule has 0 bridgehead atoms. The Morgan fingerprint density at radius 3 is 2.32 bits per heavy atom. The third kappa shape index (κ3) is 2.55. The van der Waals surface area contributed by atoms with Crippen LogP contribution in [-0.2, 0) is 0 Å². The first-order chi connectivity index (χ1) is 9.38. The van der Waals surface area contributed by atoms with E-state index in [2.05, 4.69) is 54.0 Å². The molecule has 1 saturated carbocycles. The van der Waals surface area contributed by atoms with E-state index < -0.39 is 0 Å². The summed E-state index contributed by atoms with van der Waals surface area (Å²) in [6.07, 6.45) is 4.02. The molecule has 0 saturated heterocycles. The van der Waals surface area contributed by atoms with Crippen LogP contribution in [0.1, 0.15) is 47.9 Å². The van der Waals surface area contributed by atoms with Crippen LogP contribution in [0.3, 0.4) is 0 Å². The minimum atomic E-state index is 0.0706. The molecule has 2 heteroatoms. The summed E-state index contributed by atoms with van der Waals surface area (Å²) in [6, 6.07) is 19.3. The van der Waals surface area contributed by atoms with Crippen LogP contribution in [0.4, 0.5) is 0 Å². The van der Waals surface area contributed by atoms with Crippen LogP contribution in [0.15, 0.2) is 54.6 Å². The molecule has 1 unspecified atom stereocenters. The molecule has 0 aromatic heterocycles. The fourth-order valence-electron chi connectivity index (χ4n) is 2.76. The molecule has 0 spiro atoms. The minimum absolute atomic E-state index is 0.0706. The minimum Gasteiger partial charge on any atom is -0.271 e. The third-order valence-corrected chi connectivity index (χ3v) is 4.12. The molecule has 98 valence electrons. The summed E-state index contributed by atoms with van der Waals surface area (Å²) in [4.78, 5) is 0. The van der Waals surface area contributed by atoms with Crippen molar-refractivity contribution in [3.63, 3.8) is 0 Å². The van der Waals surface area contributed by atoms with Crippen molar-refractivity contribution in [3.05, 3.63) is 71.3 Å². The van der Waals surface area contributed by atoms with Crippen molar-refractivity contribution in [3.8, 4) is 0 Å². The Balaban J connectivity index is 1.91. The van der Waals surface area contributed by atoms with Gasteiger partial charge in [-0.2, -0.15) is 0 Å². The standard InChI is InChI=1S/C17H20N2/c18-19-17(14-6-2-1-3-7-14)16-11-5-10-15(12-16)13-8-4-9-13/h1-3,5-7,10-13,17,19H,4,8-9,18H2. The molecule has 19 heavy (non-hydrogen) atoms. The second kappa shape index (κ2) is 5.55. The molecular formula is C17H20N2. The molecule has 0 radical (unpaired) electrons. The number of hydrazine groups is 1. The van der Waals surface area contributed by atoms with Gasteiger partial charge in [0.05, 0.1) is 6.04 Å². The van der Waals surface area contributed by atoms with Crippen LogP contribution in [0.25, 0.3) is 0 Å². The number of benzene rings is 2. The van der Waals surface area contributed by atoms with Crippen LogP contribution < -0.4 is 11.3 Å². The summed E-state index contributed by atoms with van der Waals surface area (Å²) in [6.45, 7) is 0. The Morgan fingerprint density at radius 1 is 0.947 bits per heavy atom. The second-order valence-electron chi connectivity index (χ2n) is 5.31. The first-order valence-corrected chi connectivity index (χ1v) is 6.99. The van der Waals surface area contributed by atoms with Crippen molar-refractivity contribution in [1.29, 1.82) is 0 Å². The van der Waals surface area contributed by atoms with Gasteiger partial charge in [-0.25, -0.2) is 5.43 Å². The molecule has 3 N–H and O–H groups in total. The van der Waals surface area contributed by atoms with Gasteiger partial charge in [0, 0.05) is 0 Å². The van der Waals surface area contributed by atoms with Crippen molar-refractivity contribution in [2.45, 2.75) is 31.2 Å². The third-order valence-electron chi connectivity index (χ3n) is 4.12. The van der Waals surface area contributed by atoms with Gasteiger partial charge in [0.25, 0.3) is 0 Å². The first kappa shape index (κ1) is 12.4. The highest BCUT2D eigenvalue weighted by Gasteiger charge is 2.20. The lowest BCUT2D eigenvalue weighted by Crippen LogP contribution is -2.29. The SMILES string of the molecule is NNC(c1ccccc1)c1cccc(C2CCC2)c1. The largest absolute Gasteiger partial charge is 0.271 e. The van der Waals surface area contributed by atoms with Crippen LogP contribution in [-0.4, -0.2) is 0 Å². The highest BCUT2D eigenvalue weighted by atomic mass is 15.2. The molecule has 2 aromatic carbocycles. The zero-order valence-corrected chi connectivity index (χ0v) is 11.0. The van der Waals surface area contributed by atoms with Gasteiger partial charge >= 0.3 is 0 Å². The van der Waals surface area contributed by atoms with E-state index in [1.54, 1.807) is 0 Å². The van der Waals surface area contributed by atoms with Crippen molar-refractivity contribution in [2.24, 2.45) is 5.84 Å². The van der Waals surface area contributed by atoms with Crippen LogP contribution in [0, 0.1) is 0 Å². The summed E-state index contributed by atoms with van der Waals surface area (Å²) in [5.41, 5.74) is 6.85. The highest BCUT2D eigenvalue weighted by molar-refractivity contribution is 5.35. The van der Waals surface area contributed by atoms with Gasteiger partial charge in [-0.3, -0.25) is 5.84 Å². The fraction of sp³-hybridized carbons (Fsp3) is 0.294. The monoisotopic (exact) mass is 252 g/mol. The lowest BCUT2D eigenvalue weighted by molar-refractivity contribution is 0.419. The molecule has 1 aliphatic rings. The zero-order chi connectivity index (χ0) is 13.1. The smallest absolute Gasteiger partial charge is 0.0710 e. The maximum atomic E-state index is 5.76. The van der Waals surface area contributed by atoms with Crippen molar-refractivity contribution < 1.29 is 0 Å². The van der Waals surface area contributed by atoms with Gasteiger partial charge in [0.2, 0.25) is 0 Å². The Kier molecular flexibility index (Phi) is 3.62. The van der Waals surface area contributed by atoms with E-state index in [0.717, 1.165) is 5.92 Å². The van der Waals surface area contributed by atoms with E-state index >= 15 is 0 Å². The molecule has 1 atom stereocenters. The molecule has 1 fully saturated rings. The van der Waals surface area contributed by atoms with Gasteiger partial charge in [-0.05, 0) is 35.4 Å². The van der Waals surface area contributed by atoms with Crippen LogP contribution >= 0.6 is 0 Å². The molecule has 0 heterocycles. The molecule has 2 aromatic rings. The van der Waals surface area contributed by atoms with E-state index in [0.29, 0.717) is 0 Å². The lowest BCUT2D eigenvalue weighted by Gasteiger charge is -2.27. The highest BCUT2D eigenvalue weighted by Crippen LogP contribution is 2.37. The first-order valence-electron chi connectivity index (χ1n) is 6.99. The molecular weight excluding hydrogens is 232 g/mol. The summed E-state index contributed by atoms with van der Waals surface area (Å²) in [5.74, 6) is 6.52. The predicted molar refractivity (Wildman–Crippen MR) is 78.6 cm³/mol. The van der Waals surface area contributed by atoms with E-state index in [4.69, 9.17) is 5.84 Å². The average molecular weight is 252 g/mol. The summed E-state index contributed by atoms with van der Waals surface area (Å²) >= 11 is 0. The number of nitrogens with one attached hydrogen (secondary N) is 1. The molecule has 2 nitrogen and oxygen atoms in total. The van der Waals surface area contributed by atoms with Gasteiger partial charge in [-0.1, -0.05) is 61.0 Å². The average Bonchev–Trinajstić information content (AvgIpc) is 2.39. The van der Waals surface area contributed by atoms with E-state index in [1.807, 2.05) is 6.07 Å². The van der Waals surface area contributed by atoms with Crippen LogP contribution in [0.5, 0.6) is 0 Å². The van der Waals surface area contributed by atoms with Crippen molar-refractivity contribution >= 4 is 0 Å². The molecule has 0 amide bonds. The second-order valence-corrected chi connectivity index (χ2v) is 5.31. The Hall–Kier alpha value is -1.64. The Bertz CT molecular complexity index is 532. The quantitative estimate of drug-likeness (QED) is 0.645. The number of rotatable bonds is 4. The van der Waals surface area contributed by atoms with Gasteiger partial charge < -0.3 is 0 Å². The Labute approximate surface area is 114 Å². The van der Waals surface area contributed by atoms with Crippen molar-refractivity contribution in [1.82, 2.24) is 5.43 Å². The lowest BCUT2D eigenvalue weighted by atomic mass is 9.79. The maximum absolute atomic E-state index is 5.76. The normalized spacial score (nSPS) is 16.9. The van der Waals surface area contributed by atoms with Gasteiger partial charge in [0.15, 0.2) is 0 Å². The fourth-order valence-corrected chi connectivity index (χ4v) is 2.76. The summed E-state index contributed by atoms with van der Waals surface area (Å²) in [5, 5.41) is 0. The van der Waals surface area contributed by atoms with E-state index in [-0.39, 0.29) is 6.04 Å². The summed E-state index contributed by atoms with van der Waals surface area (Å²) in [7, 11) is 0. The molecule has 0 aliphatic heterocycles. The van der Waals surface area contributed by atoms with Gasteiger partial charge in [0.1, 0.15) is 0 Å². The summed E-state index contributed by atoms with van der Waals surface area (Å²) < 4.78 is 0. The van der Waals surface area contributed by atoms with Crippen LogP contribution in [0.2, 0.25) is 0 Å². The van der Waals surface area contributed by atoms with Crippen molar-refractivity contribution in [2.75, 3.05) is 0 Å². The number of hydrogen-bond acceptors (Lipinski definition) is 2. The molecule has 3 rings (SSSR count). The zero-order valence-electron chi connectivity index (χ0n) is 11.0. The predicted octanol–water partition coefficient (Wildman–Crippen LogP) is 3.51. The molecule has 1 aliphatic carbocycles. The number of nitrogens with two attached hydrogens (primary N) is 1. The Morgan fingerprint density at radius 2 is 1.68 bits per heavy atom. The topological polar surface area (TPSA) is 38.0 Å². The maximum Gasteiger partial charge on any atom is 0.0710 e.